The number of hydrogen-bond acceptors (Lipinski definition) is 4. The lowest BCUT2D eigenvalue weighted by molar-refractivity contribution is -0.400. The summed E-state index contributed by atoms with van der Waals surface area (Å²) in [5.41, 5.74) is -21.1. The zero-order chi connectivity index (χ0) is 32.3. The molecule has 0 saturated carbocycles. The average Bonchev–Trinajstić information content (AvgIpc) is 2.54. The molecule has 0 saturated heterocycles. The van der Waals surface area contributed by atoms with Gasteiger partial charge in [-0.2, -0.15) is 79.0 Å². The van der Waals surface area contributed by atoms with Gasteiger partial charge in [0.25, 0.3) is 11.2 Å². The van der Waals surface area contributed by atoms with E-state index in [-0.39, 0.29) is 27.7 Å². The van der Waals surface area contributed by atoms with Crippen LogP contribution in [0.4, 0.5) is 79.0 Å². The van der Waals surface area contributed by atoms with E-state index >= 15 is 0 Å². The third-order valence-electron chi connectivity index (χ3n) is 4.95. The van der Waals surface area contributed by atoms with Crippen LogP contribution in [0, 0.1) is 0 Å². The second-order valence-corrected chi connectivity index (χ2v) is 10.8. The fraction of sp³-hybridized carbons (Fsp3) is 1.00. The molecule has 0 atom stereocenters. The molecule has 0 amide bonds. The highest BCUT2D eigenvalue weighted by atomic mass is 28.4. The summed E-state index contributed by atoms with van der Waals surface area (Å²) >= 11 is 0. The standard InChI is InChI=1S/C16H18F18O4Si/c1-7(2,11(17,18)19)35-39(36-8(3,4)12(20,21)22,37-9(5,13(23,24)25)14(26,27)28)38-10(6,15(29,30)31)16(32,33)34/h1-6H3. The summed E-state index contributed by atoms with van der Waals surface area (Å²) < 4.78 is 257. The summed E-state index contributed by atoms with van der Waals surface area (Å²) in [7, 11) is -8.32. The summed E-state index contributed by atoms with van der Waals surface area (Å²) in [4.78, 5) is 0. The highest BCUT2D eigenvalue weighted by Gasteiger charge is 2.80. The Bertz CT molecular complexity index is 748. The topological polar surface area (TPSA) is 36.9 Å². The minimum atomic E-state index is -8.32. The van der Waals surface area contributed by atoms with E-state index in [0.29, 0.717) is 0 Å². The molecule has 0 aliphatic rings. The van der Waals surface area contributed by atoms with E-state index in [4.69, 9.17) is 0 Å². The molecule has 0 spiro atoms. The van der Waals surface area contributed by atoms with Gasteiger partial charge in [-0.1, -0.05) is 0 Å². The Balaban J connectivity index is 8.03. The third-order valence-corrected chi connectivity index (χ3v) is 7.78. The maximum absolute atomic E-state index is 13.5. The number of halogens is 18. The van der Waals surface area contributed by atoms with Crippen molar-refractivity contribution in [2.24, 2.45) is 0 Å². The van der Waals surface area contributed by atoms with Gasteiger partial charge in [0.15, 0.2) is 11.2 Å². The van der Waals surface area contributed by atoms with Gasteiger partial charge in [0, 0.05) is 0 Å². The minimum absolute atomic E-state index is 0.386. The third kappa shape index (κ3) is 7.55. The quantitative estimate of drug-likeness (QED) is 0.199. The molecule has 0 aromatic heterocycles. The Morgan fingerprint density at radius 1 is 0.308 bits per heavy atom. The van der Waals surface area contributed by atoms with Crippen LogP contribution in [-0.4, -0.2) is 68.5 Å². The Morgan fingerprint density at radius 2 is 0.487 bits per heavy atom. The van der Waals surface area contributed by atoms with E-state index in [2.05, 4.69) is 17.7 Å². The van der Waals surface area contributed by atoms with E-state index in [1.807, 2.05) is 0 Å². The first-order chi connectivity index (χ1) is 16.3. The molecule has 0 radical (unpaired) electrons. The Hall–Kier alpha value is -1.20. The first-order valence-corrected chi connectivity index (χ1v) is 11.2. The van der Waals surface area contributed by atoms with Gasteiger partial charge in [-0.3, -0.25) is 0 Å². The molecule has 0 aliphatic carbocycles. The summed E-state index contributed by atoms with van der Waals surface area (Å²) in [5.74, 6) is 0. The summed E-state index contributed by atoms with van der Waals surface area (Å²) in [5, 5.41) is 0. The Kier molecular flexibility index (Phi) is 9.66. The highest BCUT2D eigenvalue weighted by molar-refractivity contribution is 6.54. The number of hydrogen-bond donors (Lipinski definition) is 0. The SMILES string of the molecule is CC(C)(O[Si](OC(C)(C)C(F)(F)F)(OC(C)(C(F)(F)F)C(F)(F)F)OC(C)(C(F)(F)F)C(F)(F)F)C(F)(F)F. The van der Waals surface area contributed by atoms with Crippen molar-refractivity contribution in [1.29, 1.82) is 0 Å². The molecular formula is C16H18F18O4Si. The van der Waals surface area contributed by atoms with Gasteiger partial charge < -0.3 is 17.7 Å². The molecule has 236 valence electrons. The lowest BCUT2D eigenvalue weighted by Crippen LogP contribution is -2.73. The maximum Gasteiger partial charge on any atom is 0.683 e. The van der Waals surface area contributed by atoms with Crippen molar-refractivity contribution in [2.75, 3.05) is 0 Å². The van der Waals surface area contributed by atoms with Gasteiger partial charge in [0.1, 0.15) is 0 Å². The number of rotatable bonds is 8. The zero-order valence-electron chi connectivity index (χ0n) is 19.9. The fourth-order valence-electron chi connectivity index (χ4n) is 1.92. The van der Waals surface area contributed by atoms with Gasteiger partial charge in [-0.15, -0.1) is 0 Å². The largest absolute Gasteiger partial charge is 0.683 e. The number of alkyl halides is 18. The van der Waals surface area contributed by atoms with Crippen LogP contribution in [-0.2, 0) is 17.7 Å². The smallest absolute Gasteiger partial charge is 0.336 e. The highest BCUT2D eigenvalue weighted by Crippen LogP contribution is 2.54. The van der Waals surface area contributed by atoms with E-state index in [1.54, 1.807) is 0 Å². The van der Waals surface area contributed by atoms with E-state index < -0.39 is 82.4 Å². The van der Waals surface area contributed by atoms with Gasteiger partial charge >= 0.3 is 46.1 Å². The normalized spacial score (nSPS) is 16.6. The van der Waals surface area contributed by atoms with Crippen LogP contribution in [0.5, 0.6) is 0 Å². The predicted octanol–water partition coefficient (Wildman–Crippen LogP) is 7.94. The molecule has 39 heavy (non-hydrogen) atoms. The molecule has 0 aromatic carbocycles. The molecule has 0 rings (SSSR count). The van der Waals surface area contributed by atoms with E-state index in [1.165, 1.54) is 0 Å². The lowest BCUT2D eigenvalue weighted by Gasteiger charge is -2.48. The van der Waals surface area contributed by atoms with Crippen molar-refractivity contribution in [3.05, 3.63) is 0 Å². The molecule has 0 unspecified atom stereocenters. The van der Waals surface area contributed by atoms with E-state index in [9.17, 15) is 79.0 Å². The monoisotopic (exact) mass is 644 g/mol. The van der Waals surface area contributed by atoms with Crippen molar-refractivity contribution in [3.63, 3.8) is 0 Å². The van der Waals surface area contributed by atoms with Crippen molar-refractivity contribution in [3.8, 4) is 0 Å². The molecular weight excluding hydrogens is 626 g/mol. The molecule has 4 nitrogen and oxygen atoms in total. The lowest BCUT2D eigenvalue weighted by atomic mass is 10.1. The average molecular weight is 644 g/mol. The summed E-state index contributed by atoms with van der Waals surface area (Å²) in [6.07, 6.45) is -40.2. The minimum Gasteiger partial charge on any atom is -0.336 e. The van der Waals surface area contributed by atoms with Crippen LogP contribution in [0.1, 0.15) is 41.5 Å². The second kappa shape index (κ2) is 9.96. The Morgan fingerprint density at radius 3 is 0.615 bits per heavy atom. The summed E-state index contributed by atoms with van der Waals surface area (Å²) in [6, 6.07) is 0. The van der Waals surface area contributed by atoms with Gasteiger partial charge in [-0.25, -0.2) is 0 Å². The van der Waals surface area contributed by atoms with Crippen LogP contribution < -0.4 is 0 Å². The maximum atomic E-state index is 13.5. The molecule has 0 bridgehead atoms. The van der Waals surface area contributed by atoms with Crippen LogP contribution in [0.15, 0.2) is 0 Å². The van der Waals surface area contributed by atoms with Crippen molar-refractivity contribution < 1.29 is 96.7 Å². The van der Waals surface area contributed by atoms with Crippen LogP contribution in [0.2, 0.25) is 0 Å². The van der Waals surface area contributed by atoms with Crippen molar-refractivity contribution >= 4 is 9.05 Å². The van der Waals surface area contributed by atoms with Gasteiger partial charge in [-0.05, 0) is 41.5 Å². The van der Waals surface area contributed by atoms with Crippen LogP contribution >= 0.6 is 0 Å². The fourth-order valence-corrected chi connectivity index (χ4v) is 5.11. The molecule has 0 heterocycles. The van der Waals surface area contributed by atoms with Crippen molar-refractivity contribution in [2.45, 2.75) is 101 Å². The Labute approximate surface area is 208 Å². The molecule has 23 heteroatoms. The van der Waals surface area contributed by atoms with Crippen LogP contribution in [0.25, 0.3) is 0 Å². The van der Waals surface area contributed by atoms with Crippen molar-refractivity contribution in [1.82, 2.24) is 0 Å². The molecule has 0 aromatic rings. The van der Waals surface area contributed by atoms with Crippen LogP contribution in [0.3, 0.4) is 0 Å². The molecule has 0 N–H and O–H groups in total. The summed E-state index contributed by atoms with van der Waals surface area (Å²) in [6.45, 7) is -3.87. The second-order valence-electron chi connectivity index (χ2n) is 8.98. The first-order valence-electron chi connectivity index (χ1n) is 9.53. The van der Waals surface area contributed by atoms with Gasteiger partial charge in [0.05, 0.1) is 0 Å². The first kappa shape index (κ1) is 37.8. The zero-order valence-corrected chi connectivity index (χ0v) is 20.9. The molecule has 0 aliphatic heterocycles. The van der Waals surface area contributed by atoms with E-state index in [0.717, 1.165) is 0 Å². The predicted molar refractivity (Wildman–Crippen MR) is 91.4 cm³/mol. The molecule has 0 fully saturated rings. The van der Waals surface area contributed by atoms with Gasteiger partial charge in [0.2, 0.25) is 0 Å².